The van der Waals surface area contributed by atoms with Crippen LogP contribution < -0.4 is 0 Å². The molecule has 3 aliphatic heterocycles. The van der Waals surface area contributed by atoms with Gasteiger partial charge in [-0.05, 0) is 26.3 Å². The van der Waals surface area contributed by atoms with E-state index >= 15 is 0 Å². The minimum absolute atomic E-state index is 0.0682. The molecule has 3 saturated heterocycles. The molecule has 6 atom stereocenters. The van der Waals surface area contributed by atoms with Gasteiger partial charge in [-0.3, -0.25) is 9.53 Å². The second-order valence-corrected chi connectivity index (χ2v) is 10.2. The Morgan fingerprint density at radius 2 is 1.67 bits per heavy atom. The van der Waals surface area contributed by atoms with Crippen LogP contribution in [0.4, 0.5) is 0 Å². The molecule has 166 valence electrons. The number of rotatable bonds is 5. The van der Waals surface area contributed by atoms with Crippen LogP contribution >= 0.6 is 0 Å². The number of carbonyl (C=O) groups is 1. The first kappa shape index (κ1) is 21.7. The van der Waals surface area contributed by atoms with E-state index in [1.54, 1.807) is 0 Å². The zero-order valence-electron chi connectivity index (χ0n) is 18.5. The maximum Gasteiger partial charge on any atom is 0.311 e. The van der Waals surface area contributed by atoms with Crippen molar-refractivity contribution < 1.29 is 33.2 Å². The highest BCUT2D eigenvalue weighted by molar-refractivity contribution is 5.75. The Kier molecular flexibility index (Phi) is 5.48. The Morgan fingerprint density at radius 1 is 1.00 bits per heavy atom. The minimum atomic E-state index is -1.22. The zero-order chi connectivity index (χ0) is 21.7. The molecule has 0 saturated carbocycles. The number of esters is 1. The molecule has 0 amide bonds. The lowest BCUT2D eigenvalue weighted by atomic mass is 9.90. The van der Waals surface area contributed by atoms with Gasteiger partial charge in [-0.1, -0.05) is 51.1 Å². The molecule has 0 N–H and O–H groups in total. The Balaban J connectivity index is 1.53. The summed E-state index contributed by atoms with van der Waals surface area (Å²) >= 11 is 0. The summed E-state index contributed by atoms with van der Waals surface area (Å²) in [5.74, 6) is -1.51. The summed E-state index contributed by atoms with van der Waals surface area (Å²) in [6, 6.07) is 9.92. The lowest BCUT2D eigenvalue weighted by molar-refractivity contribution is -0.430. The van der Waals surface area contributed by atoms with Gasteiger partial charge in [0.25, 0.3) is 5.97 Å². The first-order chi connectivity index (χ1) is 14.0. The third-order valence-corrected chi connectivity index (χ3v) is 5.64. The van der Waals surface area contributed by atoms with E-state index in [0.717, 1.165) is 5.56 Å². The van der Waals surface area contributed by atoms with Crippen molar-refractivity contribution in [3.63, 3.8) is 0 Å². The summed E-state index contributed by atoms with van der Waals surface area (Å²) in [4.78, 5) is 12.3. The van der Waals surface area contributed by atoms with Gasteiger partial charge in [-0.2, -0.15) is 0 Å². The number of ether oxygens (including phenoxy) is 6. The van der Waals surface area contributed by atoms with Crippen LogP contribution in [-0.2, 0) is 39.8 Å². The molecule has 0 radical (unpaired) electrons. The Bertz CT molecular complexity index is 766. The maximum absolute atomic E-state index is 12.3. The van der Waals surface area contributed by atoms with Crippen molar-refractivity contribution in [3.8, 4) is 0 Å². The van der Waals surface area contributed by atoms with Crippen LogP contribution in [0.1, 0.15) is 47.1 Å². The van der Waals surface area contributed by atoms with Crippen LogP contribution in [-0.4, -0.2) is 49.3 Å². The third-order valence-electron chi connectivity index (χ3n) is 5.64. The summed E-state index contributed by atoms with van der Waals surface area (Å²) in [6.45, 7) is 11.9. The standard InChI is InChI=1S/C23H32O7/c1-21(2,3)20(24)26-13-15-16-17(25-12-14-10-8-7-9-11-14)18-19(27-15)30-23(28-16,29-18)22(4,5)6/h7-11,15-19H,12-13H2,1-6H3/t15-,16-,17+,18+,19-,23?/m1/s1. The molecule has 0 spiro atoms. The van der Waals surface area contributed by atoms with Gasteiger partial charge in [0.1, 0.15) is 31.0 Å². The number of fused-ring (bicyclic) bond motifs is 2. The molecule has 1 aromatic rings. The van der Waals surface area contributed by atoms with Crippen molar-refractivity contribution in [3.05, 3.63) is 35.9 Å². The van der Waals surface area contributed by atoms with Crippen LogP contribution in [0.3, 0.4) is 0 Å². The monoisotopic (exact) mass is 420 g/mol. The van der Waals surface area contributed by atoms with Crippen molar-refractivity contribution in [2.24, 2.45) is 10.8 Å². The Morgan fingerprint density at radius 3 is 2.30 bits per heavy atom. The topological polar surface area (TPSA) is 72.5 Å². The van der Waals surface area contributed by atoms with E-state index in [1.807, 2.05) is 71.9 Å². The molecule has 0 aromatic heterocycles. The summed E-state index contributed by atoms with van der Waals surface area (Å²) < 4.78 is 36.6. The fourth-order valence-corrected chi connectivity index (χ4v) is 3.83. The molecule has 0 aliphatic carbocycles. The molecule has 7 heteroatoms. The number of hydrogen-bond donors (Lipinski definition) is 0. The molecule has 3 heterocycles. The van der Waals surface area contributed by atoms with E-state index in [2.05, 4.69) is 0 Å². The van der Waals surface area contributed by atoms with Crippen LogP contribution in [0.5, 0.6) is 0 Å². The molecule has 3 bridgehead atoms. The van der Waals surface area contributed by atoms with E-state index in [4.69, 9.17) is 28.4 Å². The predicted octanol–water partition coefficient (Wildman–Crippen LogP) is 3.40. The molecule has 30 heavy (non-hydrogen) atoms. The second-order valence-electron chi connectivity index (χ2n) is 10.2. The predicted molar refractivity (Wildman–Crippen MR) is 107 cm³/mol. The van der Waals surface area contributed by atoms with Crippen LogP contribution in [0.15, 0.2) is 30.3 Å². The SMILES string of the molecule is CC(C)(C)C(=O)OC[C@H]1O[C@@H]2OC3(C(C)(C)C)O[C@H]2[C@@H](OCc2ccccc2)[C@@H]1O3. The zero-order valence-corrected chi connectivity index (χ0v) is 18.5. The minimum Gasteiger partial charge on any atom is -0.462 e. The number of benzene rings is 1. The van der Waals surface area contributed by atoms with Crippen molar-refractivity contribution in [2.45, 2.75) is 84.8 Å². The molecular formula is C23H32O7. The van der Waals surface area contributed by atoms with Gasteiger partial charge in [0, 0.05) is 5.41 Å². The Hall–Kier alpha value is -1.51. The summed E-state index contributed by atoms with van der Waals surface area (Å²) in [5, 5.41) is 0. The molecule has 1 unspecified atom stereocenters. The highest BCUT2D eigenvalue weighted by Crippen LogP contribution is 2.53. The lowest BCUT2D eigenvalue weighted by Crippen LogP contribution is -2.64. The van der Waals surface area contributed by atoms with E-state index in [9.17, 15) is 4.79 Å². The van der Waals surface area contributed by atoms with Gasteiger partial charge in [0.05, 0.1) is 12.0 Å². The van der Waals surface area contributed by atoms with E-state index < -0.39 is 47.5 Å². The average Bonchev–Trinajstić information content (AvgIpc) is 2.89. The number of carbonyl (C=O) groups excluding carboxylic acids is 1. The largest absolute Gasteiger partial charge is 0.462 e. The average molecular weight is 421 g/mol. The third kappa shape index (κ3) is 3.89. The highest BCUT2D eigenvalue weighted by atomic mass is 17.0. The fraction of sp³-hybridized carbons (Fsp3) is 0.696. The Labute approximate surface area is 177 Å². The molecule has 3 aliphatic rings. The quantitative estimate of drug-likeness (QED) is 0.676. The van der Waals surface area contributed by atoms with E-state index in [-0.39, 0.29) is 12.6 Å². The van der Waals surface area contributed by atoms with Crippen LogP contribution in [0, 0.1) is 10.8 Å². The van der Waals surface area contributed by atoms with Gasteiger partial charge >= 0.3 is 5.97 Å². The second kappa shape index (κ2) is 7.57. The normalized spacial score (nSPS) is 35.5. The van der Waals surface area contributed by atoms with Gasteiger partial charge in [-0.15, -0.1) is 0 Å². The first-order valence-corrected chi connectivity index (χ1v) is 10.5. The van der Waals surface area contributed by atoms with Gasteiger partial charge in [0.15, 0.2) is 6.29 Å². The molecular weight excluding hydrogens is 388 g/mol. The van der Waals surface area contributed by atoms with Gasteiger partial charge in [0.2, 0.25) is 0 Å². The molecule has 3 fully saturated rings. The van der Waals surface area contributed by atoms with Crippen LogP contribution in [0.25, 0.3) is 0 Å². The molecule has 7 nitrogen and oxygen atoms in total. The van der Waals surface area contributed by atoms with Crippen molar-refractivity contribution in [2.75, 3.05) is 6.61 Å². The summed E-state index contributed by atoms with van der Waals surface area (Å²) in [5.41, 5.74) is 0.0159. The molecule has 1 aromatic carbocycles. The van der Waals surface area contributed by atoms with E-state index in [1.165, 1.54) is 0 Å². The van der Waals surface area contributed by atoms with Crippen molar-refractivity contribution >= 4 is 5.97 Å². The van der Waals surface area contributed by atoms with Crippen LogP contribution in [0.2, 0.25) is 0 Å². The van der Waals surface area contributed by atoms with Crippen molar-refractivity contribution in [1.29, 1.82) is 0 Å². The summed E-state index contributed by atoms with van der Waals surface area (Å²) in [7, 11) is 0. The van der Waals surface area contributed by atoms with E-state index in [0.29, 0.717) is 6.61 Å². The summed E-state index contributed by atoms with van der Waals surface area (Å²) in [6.07, 6.45) is -2.46. The lowest BCUT2D eigenvalue weighted by Gasteiger charge is -2.48. The fourth-order valence-electron chi connectivity index (χ4n) is 3.83. The highest BCUT2D eigenvalue weighted by Gasteiger charge is 2.69. The first-order valence-electron chi connectivity index (χ1n) is 10.5. The van der Waals surface area contributed by atoms with Gasteiger partial charge in [-0.25, -0.2) is 0 Å². The van der Waals surface area contributed by atoms with Gasteiger partial charge < -0.3 is 23.7 Å². The smallest absolute Gasteiger partial charge is 0.311 e. The maximum atomic E-state index is 12.3. The van der Waals surface area contributed by atoms with Crippen molar-refractivity contribution in [1.82, 2.24) is 0 Å². The molecule has 4 rings (SSSR count). The number of hydrogen-bond acceptors (Lipinski definition) is 7.